The summed E-state index contributed by atoms with van der Waals surface area (Å²) in [6.45, 7) is 9.87. The standard InChI is InChI=1S/C36H38N6O6S/c1-20(2)46-18-27-19-47-30-15-29(31-21(3)8-6-9-22(31)4)39-36(40-30)41-49(44,45)28-11-7-10-25(14-28)35(43)42(27)17-26-16-37-34-33(38-26)32(23(5)48-34)24-12-13-24/h6-11,14-16,20,24,27H,12-13,17-19H2,1-5H3,(H,39,40,41)/t27-/m1/s1. The predicted octanol–water partition coefficient (Wildman–Crippen LogP) is 6.11. The largest absolute Gasteiger partial charge is 0.475 e. The molecule has 1 saturated carbocycles. The first-order chi connectivity index (χ1) is 23.5. The number of sulfonamides is 1. The number of carbonyl (C=O) groups excluding carboxylic acids is 1. The Labute approximate surface area is 285 Å². The third kappa shape index (κ3) is 6.73. The fourth-order valence-corrected chi connectivity index (χ4v) is 7.24. The Morgan fingerprint density at radius 3 is 2.51 bits per heavy atom. The van der Waals surface area contributed by atoms with Crippen LogP contribution in [0.2, 0.25) is 0 Å². The molecule has 7 rings (SSSR count). The first kappa shape index (κ1) is 32.7. The molecule has 1 amide bonds. The molecular weight excluding hydrogens is 644 g/mol. The van der Waals surface area contributed by atoms with Crippen LogP contribution < -0.4 is 9.46 Å². The summed E-state index contributed by atoms with van der Waals surface area (Å²) < 4.78 is 48.2. The number of ether oxygens (including phenoxy) is 2. The Morgan fingerprint density at radius 1 is 1.02 bits per heavy atom. The van der Waals surface area contributed by atoms with Crippen molar-refractivity contribution in [1.29, 1.82) is 0 Å². The van der Waals surface area contributed by atoms with Gasteiger partial charge in [-0.3, -0.25) is 4.79 Å². The van der Waals surface area contributed by atoms with Gasteiger partial charge in [0.25, 0.3) is 15.9 Å². The van der Waals surface area contributed by atoms with Crippen molar-refractivity contribution in [3.63, 3.8) is 0 Å². The van der Waals surface area contributed by atoms with Crippen LogP contribution in [0, 0.1) is 20.8 Å². The van der Waals surface area contributed by atoms with Crippen LogP contribution in [0.5, 0.6) is 5.88 Å². The van der Waals surface area contributed by atoms with Gasteiger partial charge in [0.1, 0.15) is 17.9 Å². The number of furan rings is 1. The summed E-state index contributed by atoms with van der Waals surface area (Å²) in [5, 5.41) is 0. The lowest BCUT2D eigenvalue weighted by Crippen LogP contribution is -2.46. The zero-order chi connectivity index (χ0) is 34.4. The topological polar surface area (TPSA) is 150 Å². The van der Waals surface area contributed by atoms with E-state index in [4.69, 9.17) is 18.9 Å². The summed E-state index contributed by atoms with van der Waals surface area (Å²) in [6, 6.07) is 12.8. The van der Waals surface area contributed by atoms with Crippen LogP contribution in [0.15, 0.2) is 64.0 Å². The second-order valence-electron chi connectivity index (χ2n) is 13.0. The number of carbonyl (C=O) groups is 1. The zero-order valence-corrected chi connectivity index (χ0v) is 28.9. The molecule has 2 aliphatic rings. The van der Waals surface area contributed by atoms with E-state index in [2.05, 4.69) is 19.7 Å². The average Bonchev–Trinajstić information content (AvgIpc) is 3.84. The highest BCUT2D eigenvalue weighted by Crippen LogP contribution is 2.45. The number of anilines is 1. The van der Waals surface area contributed by atoms with Crippen molar-refractivity contribution < 1.29 is 27.1 Å². The molecule has 4 heterocycles. The minimum atomic E-state index is -4.20. The summed E-state index contributed by atoms with van der Waals surface area (Å²) in [6.07, 6.45) is 3.62. The molecule has 0 spiro atoms. The van der Waals surface area contributed by atoms with Crippen molar-refractivity contribution >= 4 is 33.1 Å². The van der Waals surface area contributed by atoms with Gasteiger partial charge in [-0.2, -0.15) is 4.98 Å². The van der Waals surface area contributed by atoms with E-state index in [1.807, 2.05) is 52.8 Å². The highest BCUT2D eigenvalue weighted by molar-refractivity contribution is 7.92. The number of benzene rings is 2. The van der Waals surface area contributed by atoms with E-state index < -0.39 is 22.0 Å². The normalized spacial score (nSPS) is 17.6. The van der Waals surface area contributed by atoms with Crippen molar-refractivity contribution in [2.75, 3.05) is 17.9 Å². The van der Waals surface area contributed by atoms with Crippen LogP contribution in [-0.4, -0.2) is 64.5 Å². The first-order valence-electron chi connectivity index (χ1n) is 16.4. The maximum absolute atomic E-state index is 14.4. The van der Waals surface area contributed by atoms with E-state index in [1.54, 1.807) is 23.2 Å². The quantitative estimate of drug-likeness (QED) is 0.213. The van der Waals surface area contributed by atoms with Gasteiger partial charge in [-0.15, -0.1) is 0 Å². The number of aryl methyl sites for hydroxylation is 3. The molecule has 1 aliphatic carbocycles. The van der Waals surface area contributed by atoms with Gasteiger partial charge in [0.15, 0.2) is 0 Å². The monoisotopic (exact) mass is 682 g/mol. The highest BCUT2D eigenvalue weighted by Gasteiger charge is 2.33. The molecule has 0 saturated heterocycles. The van der Waals surface area contributed by atoms with Crippen LogP contribution >= 0.6 is 0 Å². The van der Waals surface area contributed by atoms with Crippen molar-refractivity contribution in [2.24, 2.45) is 0 Å². The molecule has 49 heavy (non-hydrogen) atoms. The molecule has 2 aromatic carbocycles. The minimum Gasteiger partial charge on any atom is -0.475 e. The molecule has 254 valence electrons. The molecule has 1 fully saturated rings. The lowest BCUT2D eigenvalue weighted by Gasteiger charge is -2.32. The Morgan fingerprint density at radius 2 is 1.78 bits per heavy atom. The van der Waals surface area contributed by atoms with E-state index in [-0.39, 0.29) is 48.1 Å². The second kappa shape index (κ2) is 12.9. The molecule has 4 bridgehead atoms. The number of hydrogen-bond acceptors (Lipinski definition) is 10. The van der Waals surface area contributed by atoms with E-state index >= 15 is 0 Å². The first-order valence-corrected chi connectivity index (χ1v) is 17.8. The van der Waals surface area contributed by atoms with Gasteiger partial charge in [-0.1, -0.05) is 24.3 Å². The van der Waals surface area contributed by atoms with Crippen LogP contribution in [0.1, 0.15) is 71.1 Å². The summed E-state index contributed by atoms with van der Waals surface area (Å²) in [5.41, 5.74) is 6.21. The molecule has 0 radical (unpaired) electrons. The maximum atomic E-state index is 14.4. The maximum Gasteiger partial charge on any atom is 0.264 e. The van der Waals surface area contributed by atoms with Crippen molar-refractivity contribution in [1.82, 2.24) is 24.8 Å². The molecular formula is C36H38N6O6S. The third-order valence-electron chi connectivity index (χ3n) is 8.79. The number of fused-ring (bicyclic) bond motifs is 5. The van der Waals surface area contributed by atoms with Gasteiger partial charge in [0.2, 0.25) is 17.5 Å². The molecule has 12 nitrogen and oxygen atoms in total. The third-order valence-corrected chi connectivity index (χ3v) is 10.1. The van der Waals surface area contributed by atoms with Gasteiger partial charge in [-0.05, 0) is 82.7 Å². The van der Waals surface area contributed by atoms with E-state index in [1.165, 1.54) is 18.2 Å². The van der Waals surface area contributed by atoms with E-state index in [0.717, 1.165) is 40.9 Å². The lowest BCUT2D eigenvalue weighted by molar-refractivity contribution is 0.00631. The molecule has 13 heteroatoms. The van der Waals surface area contributed by atoms with E-state index in [0.29, 0.717) is 28.5 Å². The molecule has 5 aromatic rings. The van der Waals surface area contributed by atoms with E-state index in [9.17, 15) is 13.2 Å². The number of hydrogen-bond donors (Lipinski definition) is 1. The van der Waals surface area contributed by atoms with Crippen LogP contribution in [0.25, 0.3) is 22.5 Å². The summed E-state index contributed by atoms with van der Waals surface area (Å²) >= 11 is 0. The fraction of sp³-hybridized carbons (Fsp3) is 0.361. The van der Waals surface area contributed by atoms with Crippen LogP contribution in [0.3, 0.4) is 0 Å². The molecule has 1 N–H and O–H groups in total. The lowest BCUT2D eigenvalue weighted by atomic mass is 10.00. The van der Waals surface area contributed by atoms with Crippen molar-refractivity contribution in [3.8, 4) is 17.1 Å². The minimum absolute atomic E-state index is 0.0125. The Hall–Kier alpha value is -4.88. The second-order valence-corrected chi connectivity index (χ2v) is 14.6. The van der Waals surface area contributed by atoms with Crippen LogP contribution in [0.4, 0.5) is 5.95 Å². The molecule has 1 atom stereocenters. The average molecular weight is 683 g/mol. The fourth-order valence-electron chi connectivity index (χ4n) is 6.25. The molecule has 1 aliphatic heterocycles. The number of nitrogens with one attached hydrogen (secondary N) is 1. The van der Waals surface area contributed by atoms with Gasteiger partial charge in [0, 0.05) is 22.8 Å². The predicted molar refractivity (Wildman–Crippen MR) is 183 cm³/mol. The van der Waals surface area contributed by atoms with Gasteiger partial charge in [-0.25, -0.2) is 28.1 Å². The number of aromatic nitrogens is 4. The van der Waals surface area contributed by atoms with Gasteiger partial charge < -0.3 is 18.8 Å². The zero-order valence-electron chi connectivity index (χ0n) is 28.1. The number of nitrogens with zero attached hydrogens (tertiary/aromatic N) is 5. The summed E-state index contributed by atoms with van der Waals surface area (Å²) in [4.78, 5) is 34.5. The Balaban J connectivity index is 1.34. The molecule has 3 aromatic heterocycles. The van der Waals surface area contributed by atoms with Gasteiger partial charge >= 0.3 is 0 Å². The highest BCUT2D eigenvalue weighted by atomic mass is 32.2. The number of rotatable bonds is 7. The van der Waals surface area contributed by atoms with Crippen molar-refractivity contribution in [2.45, 2.75) is 77.0 Å². The number of amides is 1. The molecule has 0 unspecified atom stereocenters. The summed E-state index contributed by atoms with van der Waals surface area (Å²) in [5.74, 6) is 0.772. The SMILES string of the molecule is Cc1cccc(C)c1-c1cc2nc(n1)NS(=O)(=O)c1cccc(c1)C(=O)N(Cc1cnc3oc(C)c(C4CC4)c3n1)[C@H](COC(C)C)CO2. The van der Waals surface area contributed by atoms with Gasteiger partial charge in [0.05, 0.1) is 47.8 Å². The van der Waals surface area contributed by atoms with Crippen LogP contribution in [-0.2, 0) is 21.3 Å². The Bertz CT molecular complexity index is 2160. The Kier molecular flexibility index (Phi) is 8.57. The smallest absolute Gasteiger partial charge is 0.264 e. The summed E-state index contributed by atoms with van der Waals surface area (Å²) in [7, 11) is -4.20. The van der Waals surface area contributed by atoms with Crippen molar-refractivity contribution in [3.05, 3.63) is 88.4 Å².